The predicted molar refractivity (Wildman–Crippen MR) is 99.9 cm³/mol. The van der Waals surface area contributed by atoms with Crippen LogP contribution in [0.25, 0.3) is 16.9 Å². The highest BCUT2D eigenvalue weighted by Gasteiger charge is 2.31. The van der Waals surface area contributed by atoms with Crippen molar-refractivity contribution in [2.24, 2.45) is 5.41 Å². The molecule has 2 aromatic heterocycles. The predicted octanol–water partition coefficient (Wildman–Crippen LogP) is 4.92. The lowest BCUT2D eigenvalue weighted by Gasteiger charge is -2.14. The quantitative estimate of drug-likeness (QED) is 0.595. The van der Waals surface area contributed by atoms with Gasteiger partial charge in [-0.2, -0.15) is 5.26 Å². The summed E-state index contributed by atoms with van der Waals surface area (Å²) < 4.78 is 56.2. The van der Waals surface area contributed by atoms with E-state index in [-0.39, 0.29) is 17.9 Å². The monoisotopic (exact) mass is 420 g/mol. The van der Waals surface area contributed by atoms with Gasteiger partial charge in [0.15, 0.2) is 5.82 Å². The number of carbonyl (C=O) groups is 1. The summed E-state index contributed by atoms with van der Waals surface area (Å²) in [5, 5.41) is 11.7. The van der Waals surface area contributed by atoms with Gasteiger partial charge in [-0.15, -0.1) is 13.2 Å². The third-order valence-corrected chi connectivity index (χ3v) is 4.11. The number of imidazole rings is 1. The maximum absolute atomic E-state index is 13.8. The van der Waals surface area contributed by atoms with Gasteiger partial charge in [-0.05, 0) is 50.2 Å². The van der Waals surface area contributed by atoms with Gasteiger partial charge < -0.3 is 10.1 Å². The zero-order valence-corrected chi connectivity index (χ0v) is 15.9. The topological polar surface area (TPSA) is 79.4 Å². The van der Waals surface area contributed by atoms with Gasteiger partial charge in [0.2, 0.25) is 5.91 Å². The van der Waals surface area contributed by atoms with Gasteiger partial charge in [0.1, 0.15) is 17.2 Å². The van der Waals surface area contributed by atoms with E-state index in [1.165, 1.54) is 28.7 Å². The molecule has 2 heterocycles. The minimum absolute atomic E-state index is 0.0869. The first-order chi connectivity index (χ1) is 14.0. The lowest BCUT2D eigenvalue weighted by molar-refractivity contribution is -0.274. The number of rotatable bonds is 5. The standard InChI is InChI=1S/C20H16F4N4O2/c1-19(2,11-25)9-16(29)27-18-17(28-10-13(21)5-8-15(28)26-18)12-3-6-14(7-4-12)30-20(22,23)24/h3-8,10H,9H2,1-2H3,(H,27,29). The van der Waals surface area contributed by atoms with Crippen LogP contribution in [0.2, 0.25) is 0 Å². The lowest BCUT2D eigenvalue weighted by atomic mass is 9.91. The number of fused-ring (bicyclic) bond motifs is 1. The molecule has 3 aromatic rings. The summed E-state index contributed by atoms with van der Waals surface area (Å²) >= 11 is 0. The summed E-state index contributed by atoms with van der Waals surface area (Å²) in [7, 11) is 0. The number of amides is 1. The van der Waals surface area contributed by atoms with Crippen LogP contribution < -0.4 is 10.1 Å². The third kappa shape index (κ3) is 4.86. The largest absolute Gasteiger partial charge is 0.573 e. The Bertz CT molecular complexity index is 1130. The van der Waals surface area contributed by atoms with Gasteiger partial charge >= 0.3 is 6.36 Å². The van der Waals surface area contributed by atoms with E-state index in [0.29, 0.717) is 11.2 Å². The van der Waals surface area contributed by atoms with Gasteiger partial charge in [-0.25, -0.2) is 9.37 Å². The molecule has 0 fully saturated rings. The number of halogens is 4. The van der Waals surface area contributed by atoms with Gasteiger partial charge in [0.25, 0.3) is 0 Å². The van der Waals surface area contributed by atoms with Crippen LogP contribution in [-0.2, 0) is 4.79 Å². The highest BCUT2D eigenvalue weighted by Crippen LogP contribution is 2.32. The van der Waals surface area contributed by atoms with Gasteiger partial charge in [0, 0.05) is 18.2 Å². The van der Waals surface area contributed by atoms with Crippen LogP contribution in [0.5, 0.6) is 5.75 Å². The Labute approximate surface area is 168 Å². The lowest BCUT2D eigenvalue weighted by Crippen LogP contribution is -2.21. The number of hydrogen-bond acceptors (Lipinski definition) is 4. The Morgan fingerprint density at radius 1 is 1.20 bits per heavy atom. The van der Waals surface area contributed by atoms with Crippen molar-refractivity contribution in [3.8, 4) is 23.1 Å². The van der Waals surface area contributed by atoms with Crippen molar-refractivity contribution in [1.29, 1.82) is 5.26 Å². The molecule has 10 heteroatoms. The van der Waals surface area contributed by atoms with Crippen molar-refractivity contribution >= 4 is 17.4 Å². The molecule has 0 saturated heterocycles. The molecule has 30 heavy (non-hydrogen) atoms. The summed E-state index contributed by atoms with van der Waals surface area (Å²) in [5.41, 5.74) is 0.0482. The summed E-state index contributed by atoms with van der Waals surface area (Å²) in [4.78, 5) is 16.7. The van der Waals surface area contributed by atoms with Gasteiger partial charge in [-0.1, -0.05) is 0 Å². The zero-order valence-electron chi connectivity index (χ0n) is 15.9. The smallest absolute Gasteiger partial charge is 0.406 e. The van der Waals surface area contributed by atoms with Crippen LogP contribution >= 0.6 is 0 Å². The first-order valence-electron chi connectivity index (χ1n) is 8.72. The molecule has 3 rings (SSSR count). The molecule has 0 aliphatic heterocycles. The molecular formula is C20H16F4N4O2. The maximum atomic E-state index is 13.8. The van der Waals surface area contributed by atoms with E-state index in [4.69, 9.17) is 5.26 Å². The van der Waals surface area contributed by atoms with Crippen LogP contribution in [0.4, 0.5) is 23.4 Å². The number of benzene rings is 1. The molecule has 0 bridgehead atoms. The van der Waals surface area contributed by atoms with Crippen molar-refractivity contribution in [3.05, 3.63) is 48.4 Å². The van der Waals surface area contributed by atoms with E-state index in [1.807, 2.05) is 6.07 Å². The average Bonchev–Trinajstić information content (AvgIpc) is 2.97. The van der Waals surface area contributed by atoms with E-state index < -0.39 is 29.3 Å². The number of carbonyl (C=O) groups excluding carboxylic acids is 1. The van der Waals surface area contributed by atoms with E-state index in [0.717, 1.165) is 18.3 Å². The average molecular weight is 420 g/mol. The molecule has 0 aliphatic carbocycles. The number of nitriles is 1. The van der Waals surface area contributed by atoms with Crippen LogP contribution in [0.15, 0.2) is 42.6 Å². The molecule has 0 unspecified atom stereocenters. The number of nitrogens with one attached hydrogen (secondary N) is 1. The van der Waals surface area contributed by atoms with Gasteiger partial charge in [0.05, 0.1) is 17.2 Å². The first kappa shape index (κ1) is 21.1. The fourth-order valence-electron chi connectivity index (χ4n) is 2.81. The summed E-state index contributed by atoms with van der Waals surface area (Å²) in [6.45, 7) is 3.21. The molecule has 0 radical (unpaired) electrons. The number of ether oxygens (including phenoxy) is 1. The Kier molecular flexibility index (Phi) is 5.39. The van der Waals surface area contributed by atoms with Crippen molar-refractivity contribution in [1.82, 2.24) is 9.38 Å². The molecule has 0 atom stereocenters. The van der Waals surface area contributed by atoms with Gasteiger partial charge in [-0.3, -0.25) is 9.20 Å². The normalized spacial score (nSPS) is 11.9. The Balaban J connectivity index is 2.02. The fraction of sp³-hybridized carbons (Fsp3) is 0.250. The SMILES string of the molecule is CC(C)(C#N)CC(=O)Nc1nc2ccc(F)cn2c1-c1ccc(OC(F)(F)F)cc1. The maximum Gasteiger partial charge on any atom is 0.573 e. The molecule has 6 nitrogen and oxygen atoms in total. The Morgan fingerprint density at radius 3 is 2.47 bits per heavy atom. The van der Waals surface area contributed by atoms with E-state index >= 15 is 0 Å². The zero-order chi connectivity index (χ0) is 22.1. The number of pyridine rings is 1. The molecular weight excluding hydrogens is 404 g/mol. The molecule has 1 N–H and O–H groups in total. The summed E-state index contributed by atoms with van der Waals surface area (Å²) in [6, 6.07) is 9.49. The first-order valence-corrected chi connectivity index (χ1v) is 8.72. The highest BCUT2D eigenvalue weighted by molar-refractivity contribution is 5.95. The molecule has 0 saturated carbocycles. The van der Waals surface area contributed by atoms with Crippen LogP contribution in [0, 0.1) is 22.6 Å². The Morgan fingerprint density at radius 2 is 1.87 bits per heavy atom. The number of nitrogens with zero attached hydrogens (tertiary/aromatic N) is 3. The van der Waals surface area contributed by atoms with Crippen molar-refractivity contribution in [3.63, 3.8) is 0 Å². The second-order valence-electron chi connectivity index (χ2n) is 7.18. The van der Waals surface area contributed by atoms with Crippen LogP contribution in [0.1, 0.15) is 20.3 Å². The molecule has 0 aliphatic rings. The highest BCUT2D eigenvalue weighted by atomic mass is 19.4. The number of alkyl halides is 3. The molecule has 1 aromatic carbocycles. The van der Waals surface area contributed by atoms with Crippen LogP contribution in [0.3, 0.4) is 0 Å². The number of anilines is 1. The third-order valence-electron chi connectivity index (χ3n) is 4.11. The minimum Gasteiger partial charge on any atom is -0.406 e. The van der Waals surface area contributed by atoms with E-state index in [2.05, 4.69) is 15.0 Å². The van der Waals surface area contributed by atoms with E-state index in [1.54, 1.807) is 13.8 Å². The molecule has 1 amide bonds. The summed E-state index contributed by atoms with van der Waals surface area (Å²) in [6.07, 6.45) is -3.79. The van der Waals surface area contributed by atoms with Crippen molar-refractivity contribution in [2.75, 3.05) is 5.32 Å². The number of aromatic nitrogens is 2. The van der Waals surface area contributed by atoms with Crippen LogP contribution in [-0.4, -0.2) is 21.7 Å². The number of hydrogen-bond donors (Lipinski definition) is 1. The molecule has 0 spiro atoms. The Hall–Kier alpha value is -3.61. The second-order valence-corrected chi connectivity index (χ2v) is 7.18. The minimum atomic E-state index is -4.83. The fourth-order valence-corrected chi connectivity index (χ4v) is 2.81. The molecule has 156 valence electrons. The van der Waals surface area contributed by atoms with E-state index in [9.17, 15) is 22.4 Å². The van der Waals surface area contributed by atoms with Crippen molar-refractivity contribution in [2.45, 2.75) is 26.6 Å². The summed E-state index contributed by atoms with van der Waals surface area (Å²) in [5.74, 6) is -1.39. The van der Waals surface area contributed by atoms with Crippen molar-refractivity contribution < 1.29 is 27.1 Å². The second kappa shape index (κ2) is 7.67.